The normalized spacial score (nSPS) is 23.0. The van der Waals surface area contributed by atoms with Crippen molar-refractivity contribution in [3.63, 3.8) is 0 Å². The number of nitrogens with two attached hydrogens (primary N) is 1. The van der Waals surface area contributed by atoms with Crippen LogP contribution >= 0.6 is 21.6 Å². The number of aliphatic hydroxyl groups excluding tert-OH is 1. The maximum Gasteiger partial charge on any atom is 0.245 e. The first-order valence-electron chi connectivity index (χ1n) is 14.9. The Morgan fingerprint density at radius 1 is 1.02 bits per heavy atom. The number of nitrogens with one attached hydrogen (secondary N) is 5. The van der Waals surface area contributed by atoms with Crippen molar-refractivity contribution in [3.05, 3.63) is 0 Å². The van der Waals surface area contributed by atoms with Gasteiger partial charge in [-0.05, 0) is 51.0 Å². The smallest absolute Gasteiger partial charge is 0.245 e. The zero-order chi connectivity index (χ0) is 31.8. The van der Waals surface area contributed by atoms with Crippen LogP contribution in [0.3, 0.4) is 0 Å². The lowest BCUT2D eigenvalue weighted by molar-refractivity contribution is -0.135. The van der Waals surface area contributed by atoms with Gasteiger partial charge in [0.15, 0.2) is 0 Å². The van der Waals surface area contributed by atoms with Gasteiger partial charge in [0.2, 0.25) is 35.4 Å². The molecular formula is C27H47N7O7S2. The molecule has 16 heteroatoms. The number of amides is 6. The molecule has 0 saturated carbocycles. The van der Waals surface area contributed by atoms with E-state index >= 15 is 0 Å². The first-order chi connectivity index (χ1) is 20.5. The number of rotatable bonds is 12. The summed E-state index contributed by atoms with van der Waals surface area (Å²) in [5.41, 5.74) is 5.61. The number of hydrogen-bond acceptors (Lipinski definition) is 10. The number of unbranched alkanes of at least 4 members (excludes halogenated alkanes) is 1. The number of carbonyl (C=O) groups excluding carboxylic acids is 6. The van der Waals surface area contributed by atoms with Crippen LogP contribution in [-0.4, -0.2) is 114 Å². The van der Waals surface area contributed by atoms with Gasteiger partial charge in [-0.15, -0.1) is 0 Å². The summed E-state index contributed by atoms with van der Waals surface area (Å²) in [7, 11) is 2.60. The molecule has 4 unspecified atom stereocenters. The lowest BCUT2D eigenvalue weighted by Crippen LogP contribution is -2.60. The predicted octanol–water partition coefficient (Wildman–Crippen LogP) is -1.38. The number of nitrogens with zero attached hydrogens (tertiary/aromatic N) is 1. The van der Waals surface area contributed by atoms with Crippen LogP contribution in [0.15, 0.2) is 0 Å². The van der Waals surface area contributed by atoms with Crippen molar-refractivity contribution < 1.29 is 33.9 Å². The monoisotopic (exact) mass is 645 g/mol. The van der Waals surface area contributed by atoms with Crippen LogP contribution in [0.4, 0.5) is 0 Å². The molecule has 0 aromatic carbocycles. The number of aliphatic hydroxyl groups is 1. The second kappa shape index (κ2) is 19.7. The van der Waals surface area contributed by atoms with Gasteiger partial charge >= 0.3 is 0 Å². The third kappa shape index (κ3) is 13.3. The topological polar surface area (TPSA) is 212 Å². The molecule has 244 valence electrons. The molecule has 2 heterocycles. The quantitative estimate of drug-likeness (QED) is 0.0976. The van der Waals surface area contributed by atoms with E-state index in [0.717, 1.165) is 12.8 Å². The lowest BCUT2D eigenvalue weighted by atomic mass is 10.0. The van der Waals surface area contributed by atoms with E-state index in [9.17, 15) is 33.9 Å². The fourth-order valence-electron chi connectivity index (χ4n) is 4.60. The highest BCUT2D eigenvalue weighted by Gasteiger charge is 2.32. The molecule has 6 amide bonds. The molecule has 2 aliphatic rings. The number of hydrogen-bond donors (Lipinski definition) is 7. The highest BCUT2D eigenvalue weighted by molar-refractivity contribution is 8.76. The third-order valence-electron chi connectivity index (χ3n) is 6.99. The molecule has 4 atom stereocenters. The summed E-state index contributed by atoms with van der Waals surface area (Å²) in [5, 5.41) is 23.0. The summed E-state index contributed by atoms with van der Waals surface area (Å²) in [5.74, 6) is -2.49. The highest BCUT2D eigenvalue weighted by atomic mass is 33.1. The van der Waals surface area contributed by atoms with Crippen LogP contribution in [-0.2, 0) is 28.8 Å². The molecular weight excluding hydrogens is 598 g/mol. The second-order valence-electron chi connectivity index (χ2n) is 11.1. The predicted molar refractivity (Wildman–Crippen MR) is 166 cm³/mol. The van der Waals surface area contributed by atoms with Gasteiger partial charge in [-0.2, -0.15) is 0 Å². The first-order valence-corrected chi connectivity index (χ1v) is 17.4. The summed E-state index contributed by atoms with van der Waals surface area (Å²) >= 11 is 0. The SMILES string of the molecule is CC(C)CC1NC(=O)CCSSCC(C(=O)NC(CCCCN)C(=O)NCC(=O)N2CCCC2)NC(=O)C(CO)NC1=O. The van der Waals surface area contributed by atoms with Crippen molar-refractivity contribution in [1.82, 2.24) is 31.5 Å². The Hall–Kier alpha value is -2.56. The molecule has 0 aromatic rings. The van der Waals surface area contributed by atoms with Crippen LogP contribution in [0.1, 0.15) is 58.8 Å². The minimum absolute atomic E-state index is 0.0719. The molecule has 2 fully saturated rings. The van der Waals surface area contributed by atoms with Gasteiger partial charge in [-0.3, -0.25) is 28.8 Å². The van der Waals surface area contributed by atoms with Crippen LogP contribution in [0.5, 0.6) is 0 Å². The van der Waals surface area contributed by atoms with E-state index in [0.29, 0.717) is 44.6 Å². The van der Waals surface area contributed by atoms with Crippen LogP contribution in [0.2, 0.25) is 0 Å². The molecule has 2 rings (SSSR count). The molecule has 2 aliphatic heterocycles. The summed E-state index contributed by atoms with van der Waals surface area (Å²) in [6, 6.07) is -4.34. The Labute approximate surface area is 260 Å². The lowest BCUT2D eigenvalue weighted by Gasteiger charge is -2.26. The Kier molecular flexibility index (Phi) is 16.8. The molecule has 0 bridgehead atoms. The minimum Gasteiger partial charge on any atom is -0.394 e. The average Bonchev–Trinajstić information content (AvgIpc) is 3.51. The van der Waals surface area contributed by atoms with Gasteiger partial charge in [0, 0.05) is 31.0 Å². The maximum atomic E-state index is 13.4. The van der Waals surface area contributed by atoms with Gasteiger partial charge in [0.05, 0.1) is 13.2 Å². The van der Waals surface area contributed by atoms with E-state index < -0.39 is 54.4 Å². The van der Waals surface area contributed by atoms with Crippen molar-refractivity contribution in [2.75, 3.05) is 44.3 Å². The summed E-state index contributed by atoms with van der Waals surface area (Å²) in [4.78, 5) is 79.1. The van der Waals surface area contributed by atoms with Gasteiger partial charge in [-0.25, -0.2) is 0 Å². The Balaban J connectivity index is 2.14. The van der Waals surface area contributed by atoms with Gasteiger partial charge in [0.25, 0.3) is 0 Å². The van der Waals surface area contributed by atoms with Crippen LogP contribution < -0.4 is 32.3 Å². The minimum atomic E-state index is -1.37. The average molecular weight is 646 g/mol. The largest absolute Gasteiger partial charge is 0.394 e. The zero-order valence-corrected chi connectivity index (χ0v) is 26.7. The van der Waals surface area contributed by atoms with Gasteiger partial charge in [0.1, 0.15) is 24.2 Å². The molecule has 0 aliphatic carbocycles. The molecule has 0 spiro atoms. The second-order valence-corrected chi connectivity index (χ2v) is 13.7. The van der Waals surface area contributed by atoms with Crippen molar-refractivity contribution in [3.8, 4) is 0 Å². The summed E-state index contributed by atoms with van der Waals surface area (Å²) in [6.45, 7) is 4.59. The van der Waals surface area contributed by atoms with Gasteiger partial charge in [-0.1, -0.05) is 35.4 Å². The molecule has 0 radical (unpaired) electrons. The molecule has 14 nitrogen and oxygen atoms in total. The third-order valence-corrected chi connectivity index (χ3v) is 9.41. The van der Waals surface area contributed by atoms with E-state index in [1.807, 2.05) is 13.8 Å². The van der Waals surface area contributed by atoms with Crippen molar-refractivity contribution >= 4 is 57.0 Å². The first kappa shape index (κ1) is 36.6. The molecule has 8 N–H and O–H groups in total. The van der Waals surface area contributed by atoms with E-state index in [-0.39, 0.29) is 42.9 Å². The van der Waals surface area contributed by atoms with Crippen molar-refractivity contribution in [1.29, 1.82) is 0 Å². The highest BCUT2D eigenvalue weighted by Crippen LogP contribution is 2.23. The molecule has 43 heavy (non-hydrogen) atoms. The van der Waals surface area contributed by atoms with Crippen molar-refractivity contribution in [2.24, 2.45) is 11.7 Å². The standard InChI is InChI=1S/C27H47N7O7S2/c1-17(2)13-19-25(39)32-20(15-35)26(40)33-21(16-43-42-12-8-22(36)30-19)27(41)31-18(7-3-4-9-28)24(38)29-14-23(37)34-10-5-6-11-34/h17-21,35H,3-16,28H2,1-2H3,(H,29,38)(H,30,36)(H,31,41)(H,32,39)(H,33,40). The van der Waals surface area contributed by atoms with E-state index in [1.54, 1.807) is 4.90 Å². The van der Waals surface area contributed by atoms with E-state index in [1.165, 1.54) is 21.6 Å². The Morgan fingerprint density at radius 2 is 1.72 bits per heavy atom. The zero-order valence-electron chi connectivity index (χ0n) is 25.0. The van der Waals surface area contributed by atoms with Crippen LogP contribution in [0.25, 0.3) is 0 Å². The number of likely N-dealkylation sites (tertiary alicyclic amines) is 1. The Bertz CT molecular complexity index is 966. The van der Waals surface area contributed by atoms with E-state index in [2.05, 4.69) is 26.6 Å². The summed E-state index contributed by atoms with van der Waals surface area (Å²) < 4.78 is 0. The summed E-state index contributed by atoms with van der Waals surface area (Å²) in [6.07, 6.45) is 3.78. The fraction of sp³-hybridized carbons (Fsp3) is 0.778. The fourth-order valence-corrected chi connectivity index (χ4v) is 6.75. The maximum absolute atomic E-state index is 13.4. The molecule has 2 saturated heterocycles. The van der Waals surface area contributed by atoms with Crippen LogP contribution in [0, 0.1) is 5.92 Å². The van der Waals surface area contributed by atoms with Crippen molar-refractivity contribution in [2.45, 2.75) is 83.0 Å². The molecule has 0 aromatic heterocycles. The van der Waals surface area contributed by atoms with E-state index in [4.69, 9.17) is 5.73 Å². The van der Waals surface area contributed by atoms with Gasteiger partial charge < -0.3 is 42.3 Å². The number of carbonyl (C=O) groups is 6. The Morgan fingerprint density at radius 3 is 2.37 bits per heavy atom.